The molecule has 26 heavy (non-hydrogen) atoms. The highest BCUT2D eigenvalue weighted by Crippen LogP contribution is 2.29. The molecule has 1 aliphatic heterocycles. The van der Waals surface area contributed by atoms with E-state index in [0.29, 0.717) is 13.2 Å². The highest BCUT2D eigenvalue weighted by molar-refractivity contribution is 14.0. The van der Waals surface area contributed by atoms with Crippen molar-refractivity contribution in [3.8, 4) is 11.5 Å². The number of benzene rings is 2. The van der Waals surface area contributed by atoms with E-state index in [4.69, 9.17) is 9.47 Å². The van der Waals surface area contributed by atoms with Crippen molar-refractivity contribution >= 4 is 35.6 Å². The number of nitrogens with one attached hydrogen (secondary N) is 1. The van der Waals surface area contributed by atoms with E-state index >= 15 is 0 Å². The first kappa shape index (κ1) is 20.4. The van der Waals surface area contributed by atoms with Gasteiger partial charge in [-0.15, -0.1) is 24.0 Å². The van der Waals surface area contributed by atoms with Crippen LogP contribution in [0.4, 0.5) is 5.69 Å². The summed E-state index contributed by atoms with van der Waals surface area (Å²) in [5.41, 5.74) is 3.72. The fourth-order valence-corrected chi connectivity index (χ4v) is 3.13. The molecule has 0 fully saturated rings. The Morgan fingerprint density at radius 2 is 2.00 bits per heavy atom. The van der Waals surface area contributed by atoms with Crippen LogP contribution in [0.2, 0.25) is 0 Å². The van der Waals surface area contributed by atoms with E-state index in [0.717, 1.165) is 36.0 Å². The molecule has 0 bridgehead atoms. The van der Waals surface area contributed by atoms with Crippen LogP contribution < -0.4 is 19.7 Å². The first-order valence-electron chi connectivity index (χ1n) is 8.62. The molecule has 1 aliphatic rings. The Morgan fingerprint density at radius 3 is 2.73 bits per heavy atom. The van der Waals surface area contributed by atoms with Crippen molar-refractivity contribution in [2.75, 3.05) is 32.2 Å². The van der Waals surface area contributed by atoms with Gasteiger partial charge in [-0.3, -0.25) is 4.99 Å². The van der Waals surface area contributed by atoms with E-state index in [2.05, 4.69) is 39.5 Å². The summed E-state index contributed by atoms with van der Waals surface area (Å²) in [7, 11) is 3.48. The number of anilines is 1. The van der Waals surface area contributed by atoms with E-state index in [1.165, 1.54) is 11.3 Å². The van der Waals surface area contributed by atoms with Crippen molar-refractivity contribution in [2.24, 2.45) is 4.99 Å². The minimum atomic E-state index is 0. The van der Waals surface area contributed by atoms with Crippen molar-refractivity contribution in [1.29, 1.82) is 0 Å². The molecular formula is C20H26IN3O2. The van der Waals surface area contributed by atoms with E-state index in [9.17, 15) is 0 Å². The predicted molar refractivity (Wildman–Crippen MR) is 117 cm³/mol. The number of fused-ring (bicyclic) bond motifs is 1. The van der Waals surface area contributed by atoms with Gasteiger partial charge in [0.15, 0.2) is 17.5 Å². The summed E-state index contributed by atoms with van der Waals surface area (Å²) in [6.07, 6.45) is 1.05. The van der Waals surface area contributed by atoms with Crippen LogP contribution >= 0.6 is 24.0 Å². The lowest BCUT2D eigenvalue weighted by atomic mass is 10.2. The molecule has 0 saturated carbocycles. The van der Waals surface area contributed by atoms with Gasteiger partial charge in [0.25, 0.3) is 0 Å². The van der Waals surface area contributed by atoms with Crippen LogP contribution in [0.3, 0.4) is 0 Å². The SMILES string of the molecule is CCOc1ccc(CNC(=NC)N2CCc3ccccc32)cc1OC.I. The molecular weight excluding hydrogens is 441 g/mol. The second kappa shape index (κ2) is 9.66. The van der Waals surface area contributed by atoms with E-state index in [1.54, 1.807) is 7.11 Å². The van der Waals surface area contributed by atoms with Crippen LogP contribution in [0.15, 0.2) is 47.5 Å². The minimum absolute atomic E-state index is 0. The second-order valence-corrected chi connectivity index (χ2v) is 5.85. The van der Waals surface area contributed by atoms with Crippen molar-refractivity contribution in [1.82, 2.24) is 5.32 Å². The highest BCUT2D eigenvalue weighted by Gasteiger charge is 2.22. The standard InChI is InChI=1S/C20H25N3O2.HI/c1-4-25-18-10-9-15(13-19(18)24-3)14-22-20(21-2)23-12-11-16-7-5-6-8-17(16)23;/h5-10,13H,4,11-12,14H2,1-3H3,(H,21,22);1H. The molecule has 0 aromatic heterocycles. The summed E-state index contributed by atoms with van der Waals surface area (Å²) in [5, 5.41) is 3.45. The molecule has 3 rings (SSSR count). The largest absolute Gasteiger partial charge is 0.493 e. The van der Waals surface area contributed by atoms with Gasteiger partial charge in [-0.2, -0.15) is 0 Å². The summed E-state index contributed by atoms with van der Waals surface area (Å²) in [6.45, 7) is 4.21. The summed E-state index contributed by atoms with van der Waals surface area (Å²) in [4.78, 5) is 6.69. The van der Waals surface area contributed by atoms with Crippen LogP contribution in [0.5, 0.6) is 11.5 Å². The van der Waals surface area contributed by atoms with Gasteiger partial charge < -0.3 is 19.7 Å². The average Bonchev–Trinajstić information content (AvgIpc) is 3.07. The quantitative estimate of drug-likeness (QED) is 0.413. The van der Waals surface area contributed by atoms with Gasteiger partial charge in [-0.1, -0.05) is 24.3 Å². The predicted octanol–water partition coefficient (Wildman–Crippen LogP) is 3.85. The number of para-hydroxylation sites is 1. The minimum Gasteiger partial charge on any atom is -0.493 e. The molecule has 1 heterocycles. The number of rotatable bonds is 5. The van der Waals surface area contributed by atoms with Crippen molar-refractivity contribution in [2.45, 2.75) is 19.9 Å². The Kier molecular flexibility index (Phi) is 7.56. The molecule has 0 atom stereocenters. The normalized spacial score (nSPS) is 13.0. The lowest BCUT2D eigenvalue weighted by Crippen LogP contribution is -2.40. The molecule has 0 amide bonds. The third-order valence-electron chi connectivity index (χ3n) is 4.33. The van der Waals surface area contributed by atoms with Gasteiger partial charge in [0, 0.05) is 25.8 Å². The summed E-state index contributed by atoms with van der Waals surface area (Å²) < 4.78 is 11.0. The topological polar surface area (TPSA) is 46.1 Å². The molecule has 6 heteroatoms. The molecule has 2 aromatic carbocycles. The second-order valence-electron chi connectivity index (χ2n) is 5.85. The van der Waals surface area contributed by atoms with Crippen LogP contribution in [0.1, 0.15) is 18.1 Å². The van der Waals surface area contributed by atoms with Crippen molar-refractivity contribution in [3.05, 3.63) is 53.6 Å². The number of halogens is 1. The third kappa shape index (κ3) is 4.41. The van der Waals surface area contributed by atoms with Crippen molar-refractivity contribution < 1.29 is 9.47 Å². The molecule has 5 nitrogen and oxygen atoms in total. The number of guanidine groups is 1. The molecule has 0 unspecified atom stereocenters. The van der Waals surface area contributed by atoms with Crippen LogP contribution in [-0.2, 0) is 13.0 Å². The van der Waals surface area contributed by atoms with Gasteiger partial charge in [-0.25, -0.2) is 0 Å². The zero-order valence-corrected chi connectivity index (χ0v) is 17.8. The number of methoxy groups -OCH3 is 1. The van der Waals surface area contributed by atoms with Gasteiger partial charge in [0.05, 0.1) is 13.7 Å². The smallest absolute Gasteiger partial charge is 0.198 e. The fraction of sp³-hybridized carbons (Fsp3) is 0.350. The number of aliphatic imine (C=N–C) groups is 1. The Hall–Kier alpha value is -1.96. The Balaban J connectivity index is 0.00000243. The Bertz CT molecular complexity index is 764. The van der Waals surface area contributed by atoms with Gasteiger partial charge in [0.1, 0.15) is 0 Å². The van der Waals surface area contributed by atoms with Crippen LogP contribution in [0, 0.1) is 0 Å². The summed E-state index contributed by atoms with van der Waals surface area (Å²) >= 11 is 0. The van der Waals surface area contributed by atoms with E-state index in [1.807, 2.05) is 32.2 Å². The average molecular weight is 467 g/mol. The third-order valence-corrected chi connectivity index (χ3v) is 4.33. The highest BCUT2D eigenvalue weighted by atomic mass is 127. The van der Waals surface area contributed by atoms with Crippen molar-refractivity contribution in [3.63, 3.8) is 0 Å². The monoisotopic (exact) mass is 467 g/mol. The Labute approximate surface area is 172 Å². The number of hydrogen-bond donors (Lipinski definition) is 1. The summed E-state index contributed by atoms with van der Waals surface area (Å²) in [5.74, 6) is 2.41. The molecule has 140 valence electrons. The number of ether oxygens (including phenoxy) is 2. The van der Waals surface area contributed by atoms with Gasteiger partial charge in [0.2, 0.25) is 0 Å². The lowest BCUT2D eigenvalue weighted by molar-refractivity contribution is 0.310. The van der Waals surface area contributed by atoms with E-state index < -0.39 is 0 Å². The Morgan fingerprint density at radius 1 is 1.19 bits per heavy atom. The first-order valence-corrected chi connectivity index (χ1v) is 8.62. The van der Waals surface area contributed by atoms with Gasteiger partial charge >= 0.3 is 0 Å². The number of hydrogen-bond acceptors (Lipinski definition) is 3. The first-order chi connectivity index (χ1) is 12.3. The molecule has 0 saturated heterocycles. The molecule has 1 N–H and O–H groups in total. The maximum atomic E-state index is 5.57. The van der Waals surface area contributed by atoms with Crippen LogP contribution in [-0.4, -0.2) is 33.3 Å². The van der Waals surface area contributed by atoms with Gasteiger partial charge in [-0.05, 0) is 42.7 Å². The van der Waals surface area contributed by atoms with E-state index in [-0.39, 0.29) is 24.0 Å². The lowest BCUT2D eigenvalue weighted by Gasteiger charge is -2.22. The fourth-order valence-electron chi connectivity index (χ4n) is 3.13. The molecule has 2 aromatic rings. The van der Waals surface area contributed by atoms with Crippen LogP contribution in [0.25, 0.3) is 0 Å². The molecule has 0 radical (unpaired) electrons. The molecule has 0 spiro atoms. The summed E-state index contributed by atoms with van der Waals surface area (Å²) in [6, 6.07) is 14.5. The zero-order valence-electron chi connectivity index (χ0n) is 15.5. The molecule has 0 aliphatic carbocycles. The maximum absolute atomic E-state index is 5.57. The number of nitrogens with zero attached hydrogens (tertiary/aromatic N) is 2. The zero-order chi connectivity index (χ0) is 17.6. The maximum Gasteiger partial charge on any atom is 0.198 e.